The molecular formula is C5H9N2O2. The zero-order valence-corrected chi connectivity index (χ0v) is 5.39. The van der Waals surface area contributed by atoms with Crippen LogP contribution in [0.3, 0.4) is 0 Å². The van der Waals surface area contributed by atoms with Crippen LogP contribution >= 0.6 is 0 Å². The van der Waals surface area contributed by atoms with Gasteiger partial charge in [0.25, 0.3) is 5.91 Å². The van der Waals surface area contributed by atoms with Crippen molar-refractivity contribution in [1.29, 1.82) is 0 Å². The third-order valence-corrected chi connectivity index (χ3v) is 1.03. The number of hydrogen-bond acceptors (Lipinski definition) is 2. The highest BCUT2D eigenvalue weighted by atomic mass is 16.2. The lowest BCUT2D eigenvalue weighted by Crippen LogP contribution is -2.31. The molecule has 0 aromatic rings. The maximum Gasteiger partial charge on any atom is 0.250 e. The maximum atomic E-state index is 10.5. The summed E-state index contributed by atoms with van der Waals surface area (Å²) in [6, 6.07) is 0. The van der Waals surface area contributed by atoms with Crippen LogP contribution in [-0.2, 0) is 9.59 Å². The van der Waals surface area contributed by atoms with Gasteiger partial charge in [-0.3, -0.25) is 15.3 Å². The van der Waals surface area contributed by atoms with E-state index in [0.29, 0.717) is 0 Å². The van der Waals surface area contributed by atoms with Crippen molar-refractivity contribution >= 4 is 11.8 Å². The summed E-state index contributed by atoms with van der Waals surface area (Å²) in [5.74, 6) is -2.10. The van der Waals surface area contributed by atoms with Crippen LogP contribution in [-0.4, -0.2) is 18.9 Å². The molecule has 4 heteroatoms. The second-order valence-electron chi connectivity index (χ2n) is 1.70. The number of hydrogen-bond donors (Lipinski definition) is 1. The molecule has 0 aliphatic rings. The van der Waals surface area contributed by atoms with Gasteiger partial charge in [-0.1, -0.05) is 0 Å². The van der Waals surface area contributed by atoms with Crippen molar-refractivity contribution in [3.8, 4) is 0 Å². The molecule has 0 bridgehead atoms. The highest BCUT2D eigenvalue weighted by Crippen LogP contribution is 1.91. The van der Waals surface area contributed by atoms with Crippen LogP contribution < -0.4 is 11.1 Å². The fraction of sp³-hybridized carbons (Fsp3) is 0.600. The average Bonchev–Trinajstić information content (AvgIpc) is 1.84. The second-order valence-corrected chi connectivity index (χ2v) is 1.70. The Morgan fingerprint density at radius 2 is 2.00 bits per heavy atom. The highest BCUT2D eigenvalue weighted by molar-refractivity contribution is 5.98. The fourth-order valence-corrected chi connectivity index (χ4v) is 0.336. The van der Waals surface area contributed by atoms with E-state index in [1.165, 1.54) is 14.0 Å². The van der Waals surface area contributed by atoms with Gasteiger partial charge in [-0.25, -0.2) is 0 Å². The monoisotopic (exact) mass is 129 g/mol. The van der Waals surface area contributed by atoms with Gasteiger partial charge in [0.1, 0.15) is 5.92 Å². The van der Waals surface area contributed by atoms with Gasteiger partial charge in [0.15, 0.2) is 0 Å². The van der Waals surface area contributed by atoms with Crippen molar-refractivity contribution in [3.05, 3.63) is 0 Å². The summed E-state index contributed by atoms with van der Waals surface area (Å²) >= 11 is 0. The molecule has 51 valence electrons. The number of carbonyl (C=O) groups excluding carboxylic acids is 2. The number of carbonyl (C=O) groups is 2. The topological polar surface area (TPSA) is 70.0 Å². The van der Waals surface area contributed by atoms with Gasteiger partial charge < -0.3 is 5.32 Å². The third-order valence-electron chi connectivity index (χ3n) is 1.03. The minimum absolute atomic E-state index is 0.407. The largest absolute Gasteiger partial charge is 0.358 e. The summed E-state index contributed by atoms with van der Waals surface area (Å²) in [5.41, 5.74) is 6.52. The van der Waals surface area contributed by atoms with Gasteiger partial charge in [0.2, 0.25) is 5.91 Å². The Morgan fingerprint density at radius 1 is 1.56 bits per heavy atom. The molecule has 0 aliphatic carbocycles. The molecule has 0 spiro atoms. The average molecular weight is 129 g/mol. The molecule has 0 unspecified atom stereocenters. The Labute approximate surface area is 53.4 Å². The van der Waals surface area contributed by atoms with Gasteiger partial charge in [-0.05, 0) is 6.92 Å². The highest BCUT2D eigenvalue weighted by Gasteiger charge is 2.16. The third kappa shape index (κ3) is 2.12. The van der Waals surface area contributed by atoms with Crippen molar-refractivity contribution in [2.45, 2.75) is 6.92 Å². The number of nitrogens with one attached hydrogen (secondary N) is 2. The molecule has 1 radical (unpaired) electrons. The maximum absolute atomic E-state index is 10.5. The lowest BCUT2D eigenvalue weighted by molar-refractivity contribution is -0.132. The van der Waals surface area contributed by atoms with E-state index >= 15 is 0 Å². The molecular weight excluding hydrogens is 120 g/mol. The molecule has 0 aromatic carbocycles. The van der Waals surface area contributed by atoms with Crippen molar-refractivity contribution in [2.75, 3.05) is 7.05 Å². The van der Waals surface area contributed by atoms with Gasteiger partial charge in [0.05, 0.1) is 0 Å². The van der Waals surface area contributed by atoms with Crippen LogP contribution in [0.25, 0.3) is 0 Å². The van der Waals surface area contributed by atoms with Crippen LogP contribution in [0.4, 0.5) is 0 Å². The molecule has 2 N–H and O–H groups in total. The molecule has 1 atom stereocenters. The first-order valence-electron chi connectivity index (χ1n) is 2.56. The quantitative estimate of drug-likeness (QED) is 0.495. The lowest BCUT2D eigenvalue weighted by Gasteiger charge is -2.01. The predicted molar refractivity (Wildman–Crippen MR) is 31.3 cm³/mol. The SMILES string of the molecule is CNC(=O)[C@@H](C)C([NH])=O. The van der Waals surface area contributed by atoms with E-state index in [0.717, 1.165) is 0 Å². The molecule has 2 amide bonds. The normalized spacial score (nSPS) is 12.2. The Hall–Kier alpha value is -1.06. The molecule has 0 rings (SSSR count). The van der Waals surface area contributed by atoms with E-state index in [1.807, 2.05) is 0 Å². The van der Waals surface area contributed by atoms with Crippen LogP contribution in [0.15, 0.2) is 0 Å². The predicted octanol–water partition coefficient (Wildman–Crippen LogP) is -0.822. The van der Waals surface area contributed by atoms with Crippen LogP contribution in [0.2, 0.25) is 0 Å². The molecule has 0 saturated carbocycles. The standard InChI is InChI=1S/C5H9N2O2/c1-3(4(6)8)5(9)7-2/h3,6H,1-2H3,(H,7,9)/t3-/m0/s1. The second kappa shape index (κ2) is 3.06. The van der Waals surface area contributed by atoms with Gasteiger partial charge >= 0.3 is 0 Å². The first-order chi connectivity index (χ1) is 4.09. The molecule has 0 fully saturated rings. The van der Waals surface area contributed by atoms with Crippen molar-refractivity contribution in [3.63, 3.8) is 0 Å². The van der Waals surface area contributed by atoms with Crippen molar-refractivity contribution < 1.29 is 9.59 Å². The van der Waals surface area contributed by atoms with E-state index < -0.39 is 17.7 Å². The molecule has 0 aromatic heterocycles. The smallest absolute Gasteiger partial charge is 0.250 e. The van der Waals surface area contributed by atoms with E-state index in [9.17, 15) is 9.59 Å². The summed E-state index contributed by atoms with van der Waals surface area (Å²) < 4.78 is 0. The lowest BCUT2D eigenvalue weighted by atomic mass is 10.1. The van der Waals surface area contributed by atoms with E-state index in [-0.39, 0.29) is 0 Å². The Bertz CT molecular complexity index is 133. The minimum Gasteiger partial charge on any atom is -0.358 e. The summed E-state index contributed by atoms with van der Waals surface area (Å²) in [6.45, 7) is 1.40. The zero-order valence-electron chi connectivity index (χ0n) is 5.39. The van der Waals surface area contributed by atoms with E-state index in [1.54, 1.807) is 0 Å². The number of rotatable bonds is 2. The summed E-state index contributed by atoms with van der Waals surface area (Å²) in [6.07, 6.45) is 0. The van der Waals surface area contributed by atoms with E-state index in [2.05, 4.69) is 5.32 Å². The molecule has 0 aliphatic heterocycles. The fourth-order valence-electron chi connectivity index (χ4n) is 0.336. The first kappa shape index (κ1) is 7.94. The summed E-state index contributed by atoms with van der Waals surface area (Å²) in [5, 5.41) is 2.27. The molecule has 0 heterocycles. The van der Waals surface area contributed by atoms with Gasteiger partial charge in [-0.15, -0.1) is 0 Å². The van der Waals surface area contributed by atoms with Crippen LogP contribution in [0.5, 0.6) is 0 Å². The summed E-state index contributed by atoms with van der Waals surface area (Å²) in [7, 11) is 1.43. The summed E-state index contributed by atoms with van der Waals surface area (Å²) in [4.78, 5) is 20.7. The van der Waals surface area contributed by atoms with Crippen LogP contribution in [0, 0.1) is 5.92 Å². The van der Waals surface area contributed by atoms with Gasteiger partial charge in [0, 0.05) is 7.05 Å². The van der Waals surface area contributed by atoms with Crippen molar-refractivity contribution in [1.82, 2.24) is 11.1 Å². The molecule has 9 heavy (non-hydrogen) atoms. The first-order valence-corrected chi connectivity index (χ1v) is 2.56. The van der Waals surface area contributed by atoms with Crippen molar-refractivity contribution in [2.24, 2.45) is 5.92 Å². The Kier molecular flexibility index (Phi) is 2.70. The Morgan fingerprint density at radius 3 is 2.11 bits per heavy atom. The zero-order chi connectivity index (χ0) is 7.44. The van der Waals surface area contributed by atoms with Crippen LogP contribution in [0.1, 0.15) is 6.92 Å². The Balaban J connectivity index is 3.88. The number of amides is 2. The van der Waals surface area contributed by atoms with Gasteiger partial charge in [-0.2, -0.15) is 0 Å². The van der Waals surface area contributed by atoms with E-state index in [4.69, 9.17) is 5.73 Å². The molecule has 4 nitrogen and oxygen atoms in total. The molecule has 0 saturated heterocycles. The minimum atomic E-state index is -0.852.